The monoisotopic (exact) mass is 713 g/mol. The van der Waals surface area contributed by atoms with Gasteiger partial charge in [0.25, 0.3) is 17.8 Å². The largest absolute Gasteiger partial charge is 0.435 e. The van der Waals surface area contributed by atoms with Crippen LogP contribution in [0.15, 0.2) is 42.9 Å². The first kappa shape index (κ1) is 34.8. The summed E-state index contributed by atoms with van der Waals surface area (Å²) in [5, 5.41) is 9.74. The number of piperidine rings is 1. The Morgan fingerprint density at radius 3 is 2.38 bits per heavy atom. The lowest BCUT2D eigenvalue weighted by atomic mass is 9.96. The highest BCUT2D eigenvalue weighted by Gasteiger charge is 2.39. The molecule has 0 bridgehead atoms. The van der Waals surface area contributed by atoms with Crippen molar-refractivity contribution < 1.29 is 27.6 Å². The van der Waals surface area contributed by atoms with E-state index < -0.39 is 17.8 Å². The minimum atomic E-state index is -4.83. The molecule has 0 spiro atoms. The fourth-order valence-corrected chi connectivity index (χ4v) is 6.28. The van der Waals surface area contributed by atoms with Crippen molar-refractivity contribution in [2.75, 3.05) is 63.6 Å². The van der Waals surface area contributed by atoms with Gasteiger partial charge in [-0.3, -0.25) is 14.4 Å². The van der Waals surface area contributed by atoms with E-state index in [2.05, 4.69) is 30.7 Å². The molecule has 0 aliphatic carbocycles. The molecular weight excluding hydrogens is 679 g/mol. The highest BCUT2D eigenvalue weighted by atomic mass is 35.5. The van der Waals surface area contributed by atoms with Gasteiger partial charge < -0.3 is 29.9 Å². The van der Waals surface area contributed by atoms with Crippen molar-refractivity contribution in [1.29, 1.82) is 0 Å². The van der Waals surface area contributed by atoms with Crippen LogP contribution in [0.4, 0.5) is 24.7 Å². The van der Waals surface area contributed by atoms with Crippen molar-refractivity contribution in [3.8, 4) is 17.2 Å². The average Bonchev–Trinajstić information content (AvgIpc) is 3.72. The van der Waals surface area contributed by atoms with Crippen molar-refractivity contribution in [3.63, 3.8) is 0 Å². The zero-order valence-electron chi connectivity index (χ0n) is 27.5. The van der Waals surface area contributed by atoms with Crippen molar-refractivity contribution in [2.45, 2.75) is 19.0 Å². The molecule has 18 heteroatoms. The molecule has 2 N–H and O–H groups in total. The summed E-state index contributed by atoms with van der Waals surface area (Å²) in [6.07, 6.45) is 0.486. The van der Waals surface area contributed by atoms with E-state index in [1.807, 2.05) is 4.90 Å². The van der Waals surface area contributed by atoms with Gasteiger partial charge in [-0.25, -0.2) is 14.6 Å². The Hall–Kier alpha value is -5.03. The van der Waals surface area contributed by atoms with Gasteiger partial charge in [0.05, 0.1) is 28.0 Å². The summed E-state index contributed by atoms with van der Waals surface area (Å²) >= 11 is 6.49. The number of nitrogens with one attached hydrogen (secondary N) is 2. The van der Waals surface area contributed by atoms with Crippen LogP contribution in [0.3, 0.4) is 0 Å². The molecule has 0 unspecified atom stereocenters. The maximum Gasteiger partial charge on any atom is 0.435 e. The molecule has 2 aliphatic heterocycles. The van der Waals surface area contributed by atoms with Crippen LogP contribution in [-0.2, 0) is 18.0 Å². The van der Waals surface area contributed by atoms with Gasteiger partial charge >= 0.3 is 6.18 Å². The summed E-state index contributed by atoms with van der Waals surface area (Å²) in [6.45, 7) is 3.27. The molecule has 2 saturated heterocycles. The second-order valence-corrected chi connectivity index (χ2v) is 12.7. The van der Waals surface area contributed by atoms with Crippen LogP contribution in [0.25, 0.3) is 17.2 Å². The van der Waals surface area contributed by atoms with Gasteiger partial charge in [-0.05, 0) is 50.2 Å². The molecule has 6 rings (SSSR count). The van der Waals surface area contributed by atoms with E-state index in [1.165, 1.54) is 36.0 Å². The third-order valence-corrected chi connectivity index (χ3v) is 9.08. The summed E-state index contributed by atoms with van der Waals surface area (Å²) in [5.41, 5.74) is -1.06. The van der Waals surface area contributed by atoms with Crippen molar-refractivity contribution >= 4 is 40.8 Å². The molecule has 4 aromatic rings. The summed E-state index contributed by atoms with van der Waals surface area (Å²) < 4.78 is 44.5. The molecule has 264 valence electrons. The highest BCUT2D eigenvalue weighted by Crippen LogP contribution is 2.37. The van der Waals surface area contributed by atoms with Gasteiger partial charge in [0.15, 0.2) is 11.5 Å². The van der Waals surface area contributed by atoms with Gasteiger partial charge in [0, 0.05) is 71.3 Å². The van der Waals surface area contributed by atoms with E-state index in [9.17, 15) is 27.6 Å². The van der Waals surface area contributed by atoms with Crippen molar-refractivity contribution in [1.82, 2.24) is 44.4 Å². The standard InChI is InChI=1S/C32H35ClF3N11O3/c1-43(2)25-8-11-38-31(41-25)47-18-22(26(42-47)32(34,35)36)24-17-39-27(44(24)3)28(48)40-20-4-5-21(23(33)16-20)30(50)46-14-12-45(13-15-46)29(49)19-6-9-37-10-7-19/h4-5,8,11,16-19,37H,6-7,9-10,12-15H2,1-3H3,(H,40,48). The molecule has 3 amide bonds. The molecule has 0 atom stereocenters. The smallest absolute Gasteiger partial charge is 0.363 e. The number of hydrogen-bond acceptors (Lipinski definition) is 9. The average molecular weight is 714 g/mol. The third-order valence-electron chi connectivity index (χ3n) is 8.77. The number of rotatable bonds is 7. The molecule has 50 heavy (non-hydrogen) atoms. The second-order valence-electron chi connectivity index (χ2n) is 12.3. The number of halogens is 4. The maximum absolute atomic E-state index is 14.1. The van der Waals surface area contributed by atoms with E-state index in [0.29, 0.717) is 32.0 Å². The normalized spacial score (nSPS) is 15.7. The topological polar surface area (TPSA) is 146 Å². The molecule has 1 aromatic carbocycles. The molecule has 0 saturated carbocycles. The molecule has 2 aliphatic rings. The van der Waals surface area contributed by atoms with Crippen LogP contribution >= 0.6 is 11.6 Å². The first-order valence-corrected chi connectivity index (χ1v) is 16.3. The summed E-state index contributed by atoms with van der Waals surface area (Å²) in [5.74, 6) is -0.654. The van der Waals surface area contributed by atoms with Crippen molar-refractivity contribution in [2.24, 2.45) is 13.0 Å². The number of amides is 3. The zero-order chi connectivity index (χ0) is 35.7. The number of imidazole rings is 1. The minimum Gasteiger partial charge on any atom is -0.363 e. The van der Waals surface area contributed by atoms with E-state index in [-0.39, 0.29) is 57.0 Å². The van der Waals surface area contributed by atoms with Gasteiger partial charge in [0.2, 0.25) is 5.91 Å². The van der Waals surface area contributed by atoms with Crippen LogP contribution in [-0.4, -0.2) is 110 Å². The first-order valence-electron chi connectivity index (χ1n) is 15.9. The minimum absolute atomic E-state index is 0.0102. The number of hydrogen-bond donors (Lipinski definition) is 2. The predicted octanol–water partition coefficient (Wildman–Crippen LogP) is 3.34. The van der Waals surface area contributed by atoms with Crippen LogP contribution in [0.2, 0.25) is 5.02 Å². The van der Waals surface area contributed by atoms with Crippen molar-refractivity contribution in [3.05, 3.63) is 65.0 Å². The Morgan fingerprint density at radius 1 is 1.02 bits per heavy atom. The number of benzene rings is 1. The third kappa shape index (κ3) is 7.14. The van der Waals surface area contributed by atoms with Crippen LogP contribution in [0.5, 0.6) is 0 Å². The molecule has 3 aromatic heterocycles. The summed E-state index contributed by atoms with van der Waals surface area (Å²) in [6, 6.07) is 6.02. The number of alkyl halides is 3. The SMILES string of the molecule is CN(C)c1ccnc(-n2cc(-c3cnc(C(=O)Nc4ccc(C(=O)N5CCN(C(=O)C6CCNCC6)CC5)c(Cl)c4)n3C)c(C(F)(F)F)n2)n1. The molecule has 5 heterocycles. The number of carbonyl (C=O) groups is 3. The Labute approximate surface area is 290 Å². The van der Waals surface area contributed by atoms with Gasteiger partial charge in [-0.1, -0.05) is 11.6 Å². The Balaban J connectivity index is 1.14. The molecule has 0 radical (unpaired) electrons. The van der Waals surface area contributed by atoms with Gasteiger partial charge in [-0.2, -0.15) is 23.3 Å². The Morgan fingerprint density at radius 2 is 1.72 bits per heavy atom. The number of anilines is 2. The second kappa shape index (κ2) is 14.1. The van der Waals surface area contributed by atoms with Gasteiger partial charge in [-0.15, -0.1) is 0 Å². The van der Waals surface area contributed by atoms with Crippen LogP contribution in [0, 0.1) is 5.92 Å². The number of nitrogens with zero attached hydrogens (tertiary/aromatic N) is 9. The van der Waals surface area contributed by atoms with E-state index >= 15 is 0 Å². The summed E-state index contributed by atoms with van der Waals surface area (Å²) in [7, 11) is 4.87. The Bertz CT molecular complexity index is 1910. The quantitative estimate of drug-likeness (QED) is 0.295. The van der Waals surface area contributed by atoms with E-state index in [1.54, 1.807) is 30.0 Å². The maximum atomic E-state index is 14.1. The molecule has 2 fully saturated rings. The van der Waals surface area contributed by atoms with E-state index in [0.717, 1.165) is 43.0 Å². The van der Waals surface area contributed by atoms with Crippen LogP contribution in [0.1, 0.15) is 39.5 Å². The number of piperazine rings is 1. The van der Waals surface area contributed by atoms with Crippen LogP contribution < -0.4 is 15.5 Å². The van der Waals surface area contributed by atoms with Gasteiger partial charge in [0.1, 0.15) is 5.82 Å². The number of carbonyl (C=O) groups excluding carboxylic acids is 3. The molecule has 14 nitrogen and oxygen atoms in total. The first-order chi connectivity index (χ1) is 23.8. The van der Waals surface area contributed by atoms with E-state index in [4.69, 9.17) is 11.6 Å². The highest BCUT2D eigenvalue weighted by molar-refractivity contribution is 6.34. The Kier molecular flexibility index (Phi) is 9.80. The summed E-state index contributed by atoms with van der Waals surface area (Å²) in [4.78, 5) is 57.0. The lowest BCUT2D eigenvalue weighted by Gasteiger charge is -2.37. The fourth-order valence-electron chi connectivity index (χ4n) is 6.02. The molecular formula is C32H35ClF3N11O3. The number of aromatic nitrogens is 6. The lowest BCUT2D eigenvalue weighted by Crippen LogP contribution is -2.52. The zero-order valence-corrected chi connectivity index (χ0v) is 28.3. The fraction of sp³-hybridized carbons (Fsp3) is 0.406. The predicted molar refractivity (Wildman–Crippen MR) is 178 cm³/mol. The lowest BCUT2D eigenvalue weighted by molar-refractivity contribution is -0.141.